The van der Waals surface area contributed by atoms with E-state index in [9.17, 15) is 13.5 Å². The maximum Gasteiger partial charge on any atom is 0.261 e. The van der Waals surface area contributed by atoms with Crippen LogP contribution in [0, 0.1) is 0 Å². The van der Waals surface area contributed by atoms with Crippen molar-refractivity contribution in [2.24, 2.45) is 0 Å². The summed E-state index contributed by atoms with van der Waals surface area (Å²) in [6.07, 6.45) is 6.69. The second kappa shape index (κ2) is 11.0. The smallest absolute Gasteiger partial charge is 0.261 e. The van der Waals surface area contributed by atoms with E-state index < -0.39 is 10.1 Å². The Hall–Kier alpha value is -0.620. The average molecular weight is 337 g/mol. The highest BCUT2D eigenvalue weighted by atomic mass is 35.5. The summed E-state index contributed by atoms with van der Waals surface area (Å²) < 4.78 is 25.9. The standard InChI is InChI=1S/C14H21ClO.CH4O3S/c1-2-3-4-5-8-12(11-16)13-9-6-7-10-14(13)15;1-5(2,3)4/h6-7,9-10,12,16H,2-5,8,11H2,1H3;1H3,(H,2,3,4). The zero-order valence-corrected chi connectivity index (χ0v) is 14.2. The fourth-order valence-corrected chi connectivity index (χ4v) is 2.26. The molecule has 1 aromatic rings. The number of hydrogen-bond donors (Lipinski definition) is 2. The van der Waals surface area contributed by atoms with Gasteiger partial charge >= 0.3 is 0 Å². The molecule has 6 heteroatoms. The van der Waals surface area contributed by atoms with Gasteiger partial charge in [0, 0.05) is 17.5 Å². The summed E-state index contributed by atoms with van der Waals surface area (Å²) in [5.41, 5.74) is 1.09. The number of aliphatic hydroxyl groups is 1. The second-order valence-electron chi connectivity index (χ2n) is 4.98. The fraction of sp³-hybridized carbons (Fsp3) is 0.600. The molecule has 0 aliphatic rings. The van der Waals surface area contributed by atoms with Crippen LogP contribution in [0.25, 0.3) is 0 Å². The van der Waals surface area contributed by atoms with E-state index in [1.54, 1.807) is 0 Å². The van der Waals surface area contributed by atoms with Crippen LogP contribution in [-0.2, 0) is 10.1 Å². The molecule has 0 aliphatic heterocycles. The molecule has 4 nitrogen and oxygen atoms in total. The molecule has 0 spiro atoms. The molecule has 0 saturated heterocycles. The largest absolute Gasteiger partial charge is 0.396 e. The van der Waals surface area contributed by atoms with Gasteiger partial charge in [-0.05, 0) is 18.1 Å². The Labute approximate surface area is 132 Å². The zero-order chi connectivity index (χ0) is 16.3. The summed E-state index contributed by atoms with van der Waals surface area (Å²) >= 11 is 6.13. The molecule has 122 valence electrons. The molecular weight excluding hydrogens is 312 g/mol. The molecule has 0 heterocycles. The Kier molecular flexibility index (Phi) is 10.7. The maximum absolute atomic E-state index is 9.40. The summed E-state index contributed by atoms with van der Waals surface area (Å²) in [6.45, 7) is 2.40. The van der Waals surface area contributed by atoms with Gasteiger partial charge in [-0.15, -0.1) is 0 Å². The van der Waals surface area contributed by atoms with Crippen molar-refractivity contribution in [2.45, 2.75) is 44.9 Å². The lowest BCUT2D eigenvalue weighted by molar-refractivity contribution is 0.256. The first kappa shape index (κ1) is 20.4. The molecule has 2 N–H and O–H groups in total. The molecule has 0 aliphatic carbocycles. The predicted octanol–water partition coefficient (Wildman–Crippen LogP) is 3.89. The van der Waals surface area contributed by atoms with Crippen molar-refractivity contribution < 1.29 is 18.1 Å². The lowest BCUT2D eigenvalue weighted by atomic mass is 9.94. The van der Waals surface area contributed by atoms with E-state index in [1.807, 2.05) is 24.3 Å². The van der Waals surface area contributed by atoms with E-state index >= 15 is 0 Å². The van der Waals surface area contributed by atoms with Gasteiger partial charge in [-0.25, -0.2) is 0 Å². The minimum absolute atomic E-state index is 0.190. The monoisotopic (exact) mass is 336 g/mol. The Bertz CT molecular complexity index is 480. The Balaban J connectivity index is 0.000000690. The zero-order valence-electron chi connectivity index (χ0n) is 12.6. The minimum Gasteiger partial charge on any atom is -0.396 e. The van der Waals surface area contributed by atoms with Crippen LogP contribution in [0.1, 0.15) is 50.5 Å². The lowest BCUT2D eigenvalue weighted by Gasteiger charge is -2.15. The molecule has 1 atom stereocenters. The van der Waals surface area contributed by atoms with Crippen LogP contribution in [0.5, 0.6) is 0 Å². The van der Waals surface area contributed by atoms with Gasteiger partial charge in [-0.3, -0.25) is 4.55 Å². The molecule has 1 rings (SSSR count). The summed E-state index contributed by atoms with van der Waals surface area (Å²) in [5.74, 6) is 0.200. The van der Waals surface area contributed by atoms with Crippen LogP contribution in [0.15, 0.2) is 24.3 Å². The highest BCUT2D eigenvalue weighted by molar-refractivity contribution is 7.85. The van der Waals surface area contributed by atoms with Crippen molar-refractivity contribution in [3.63, 3.8) is 0 Å². The summed E-state index contributed by atoms with van der Waals surface area (Å²) in [4.78, 5) is 0. The summed E-state index contributed by atoms with van der Waals surface area (Å²) in [5, 5.41) is 10.2. The van der Waals surface area contributed by atoms with Crippen LogP contribution < -0.4 is 0 Å². The molecule has 0 saturated carbocycles. The number of unbranched alkanes of at least 4 members (excludes halogenated alkanes) is 3. The molecule has 0 aromatic heterocycles. The normalized spacial score (nSPS) is 12.4. The van der Waals surface area contributed by atoms with Crippen molar-refractivity contribution in [2.75, 3.05) is 12.9 Å². The highest BCUT2D eigenvalue weighted by Gasteiger charge is 2.12. The first-order valence-corrected chi connectivity index (χ1v) is 9.30. The number of halogens is 1. The topological polar surface area (TPSA) is 74.6 Å². The van der Waals surface area contributed by atoms with Gasteiger partial charge in [-0.1, -0.05) is 62.4 Å². The van der Waals surface area contributed by atoms with E-state index in [1.165, 1.54) is 25.7 Å². The number of aliphatic hydroxyl groups excluding tert-OH is 1. The van der Waals surface area contributed by atoms with E-state index in [-0.39, 0.29) is 12.5 Å². The third-order valence-electron chi connectivity index (χ3n) is 2.97. The average Bonchev–Trinajstić information content (AvgIpc) is 2.38. The summed E-state index contributed by atoms with van der Waals surface area (Å²) in [7, 11) is -3.67. The second-order valence-corrected chi connectivity index (χ2v) is 6.86. The van der Waals surface area contributed by atoms with Gasteiger partial charge in [0.15, 0.2) is 0 Å². The molecule has 0 bridgehead atoms. The van der Waals surface area contributed by atoms with Gasteiger partial charge in [0.2, 0.25) is 0 Å². The molecule has 1 unspecified atom stereocenters. The van der Waals surface area contributed by atoms with Crippen LogP contribution in [0.3, 0.4) is 0 Å². The Morgan fingerprint density at radius 1 is 1.19 bits per heavy atom. The van der Waals surface area contributed by atoms with Crippen LogP contribution in [0.2, 0.25) is 5.02 Å². The van der Waals surface area contributed by atoms with Crippen molar-refractivity contribution in [3.8, 4) is 0 Å². The molecular formula is C15H25ClO4S. The van der Waals surface area contributed by atoms with Crippen LogP contribution in [-0.4, -0.2) is 30.9 Å². The third kappa shape index (κ3) is 11.7. The number of rotatable bonds is 7. The van der Waals surface area contributed by atoms with Crippen molar-refractivity contribution in [3.05, 3.63) is 34.9 Å². The fourth-order valence-electron chi connectivity index (χ4n) is 1.97. The maximum atomic E-state index is 9.40. The van der Waals surface area contributed by atoms with E-state index in [4.69, 9.17) is 16.2 Å². The van der Waals surface area contributed by atoms with Crippen molar-refractivity contribution in [1.82, 2.24) is 0 Å². The lowest BCUT2D eigenvalue weighted by Crippen LogP contribution is -2.04. The van der Waals surface area contributed by atoms with Crippen LogP contribution >= 0.6 is 11.6 Å². The molecule has 0 fully saturated rings. The number of hydrogen-bond acceptors (Lipinski definition) is 3. The van der Waals surface area contributed by atoms with Crippen molar-refractivity contribution in [1.29, 1.82) is 0 Å². The summed E-state index contributed by atoms with van der Waals surface area (Å²) in [6, 6.07) is 7.82. The van der Waals surface area contributed by atoms with Crippen LogP contribution in [0.4, 0.5) is 0 Å². The van der Waals surface area contributed by atoms with E-state index in [2.05, 4.69) is 6.92 Å². The van der Waals surface area contributed by atoms with Gasteiger partial charge < -0.3 is 5.11 Å². The first-order valence-electron chi connectivity index (χ1n) is 7.07. The van der Waals surface area contributed by atoms with Gasteiger partial charge in [0.1, 0.15) is 0 Å². The SMILES string of the molecule is CCCCCCC(CO)c1ccccc1Cl.CS(=O)(=O)O. The minimum atomic E-state index is -3.67. The number of benzene rings is 1. The molecule has 21 heavy (non-hydrogen) atoms. The quantitative estimate of drug-likeness (QED) is 0.585. The Morgan fingerprint density at radius 2 is 1.76 bits per heavy atom. The third-order valence-corrected chi connectivity index (χ3v) is 3.32. The van der Waals surface area contributed by atoms with Gasteiger partial charge in [0.25, 0.3) is 10.1 Å². The molecule has 1 aromatic carbocycles. The first-order chi connectivity index (χ1) is 9.79. The molecule has 0 radical (unpaired) electrons. The van der Waals surface area contributed by atoms with E-state index in [0.717, 1.165) is 17.0 Å². The predicted molar refractivity (Wildman–Crippen MR) is 87.5 cm³/mol. The van der Waals surface area contributed by atoms with Crippen molar-refractivity contribution >= 4 is 21.7 Å². The van der Waals surface area contributed by atoms with Gasteiger partial charge in [-0.2, -0.15) is 8.42 Å². The van der Waals surface area contributed by atoms with Gasteiger partial charge in [0.05, 0.1) is 6.26 Å². The molecule has 0 amide bonds. The Morgan fingerprint density at radius 3 is 2.24 bits per heavy atom. The highest BCUT2D eigenvalue weighted by Crippen LogP contribution is 2.28. The van der Waals surface area contributed by atoms with E-state index in [0.29, 0.717) is 6.26 Å².